The van der Waals surface area contributed by atoms with Crippen molar-refractivity contribution in [1.82, 2.24) is 24.5 Å². The second-order valence-corrected chi connectivity index (χ2v) is 5.06. The largest absolute Gasteiger partial charge is 0.331 e. The fourth-order valence-corrected chi connectivity index (χ4v) is 2.14. The number of aromatic nitrogens is 2. The van der Waals surface area contributed by atoms with Crippen molar-refractivity contribution in [2.75, 3.05) is 40.3 Å². The van der Waals surface area contributed by atoms with Crippen molar-refractivity contribution >= 4 is 17.6 Å². The number of hydrogen-bond donors (Lipinski definition) is 0. The van der Waals surface area contributed by atoms with E-state index in [-0.39, 0.29) is 6.03 Å². The van der Waals surface area contributed by atoms with Crippen molar-refractivity contribution in [2.45, 2.75) is 6.67 Å². The molecule has 2 rings (SSSR count). The Balaban J connectivity index is 1.82. The van der Waals surface area contributed by atoms with E-state index in [9.17, 15) is 4.79 Å². The number of carbonyl (C=O) groups excluding carboxylic acids is 1. The molecule has 1 aromatic heterocycles. The monoisotopic (exact) mass is 271 g/mol. The Kier molecular flexibility index (Phi) is 4.08. The van der Waals surface area contributed by atoms with Crippen molar-refractivity contribution < 1.29 is 4.79 Å². The molecule has 2 amide bonds. The number of nitrogens with zero attached hydrogens (tertiary/aromatic N) is 5. The van der Waals surface area contributed by atoms with Crippen molar-refractivity contribution in [1.29, 1.82) is 0 Å². The normalized spacial score (nSPS) is 16.9. The predicted octanol–water partition coefficient (Wildman–Crippen LogP) is 0.793. The minimum atomic E-state index is 0.0804. The first-order valence-electron chi connectivity index (χ1n) is 5.93. The summed E-state index contributed by atoms with van der Waals surface area (Å²) in [5.41, 5.74) is 0. The highest BCUT2D eigenvalue weighted by Crippen LogP contribution is 2.08. The van der Waals surface area contributed by atoms with Gasteiger partial charge in [-0.15, -0.1) is 0 Å². The van der Waals surface area contributed by atoms with Crippen LogP contribution in [-0.4, -0.2) is 70.8 Å². The fourth-order valence-electron chi connectivity index (χ4n) is 1.98. The minimum Gasteiger partial charge on any atom is -0.331 e. The molecule has 1 fully saturated rings. The Bertz CT molecular complexity index is 411. The lowest BCUT2D eigenvalue weighted by Gasteiger charge is -2.35. The van der Waals surface area contributed by atoms with Gasteiger partial charge in [0.05, 0.1) is 17.9 Å². The summed E-state index contributed by atoms with van der Waals surface area (Å²) in [6.45, 7) is 3.95. The van der Waals surface area contributed by atoms with E-state index in [2.05, 4.69) is 10.00 Å². The van der Waals surface area contributed by atoms with Crippen LogP contribution in [0.15, 0.2) is 12.4 Å². The third-order valence-corrected chi connectivity index (χ3v) is 3.17. The lowest BCUT2D eigenvalue weighted by molar-refractivity contribution is 0.103. The molecule has 0 saturated carbocycles. The maximum Gasteiger partial charge on any atom is 0.319 e. The van der Waals surface area contributed by atoms with Gasteiger partial charge < -0.3 is 9.80 Å². The van der Waals surface area contributed by atoms with Gasteiger partial charge in [0, 0.05) is 46.5 Å². The first kappa shape index (κ1) is 13.2. The molecule has 18 heavy (non-hydrogen) atoms. The Morgan fingerprint density at radius 1 is 1.39 bits per heavy atom. The Labute approximate surface area is 112 Å². The van der Waals surface area contributed by atoms with Gasteiger partial charge in [0.1, 0.15) is 0 Å². The smallest absolute Gasteiger partial charge is 0.319 e. The van der Waals surface area contributed by atoms with Gasteiger partial charge in [-0.25, -0.2) is 4.79 Å². The van der Waals surface area contributed by atoms with E-state index in [0.717, 1.165) is 32.8 Å². The van der Waals surface area contributed by atoms with Gasteiger partial charge in [-0.1, -0.05) is 11.6 Å². The molecule has 0 unspecified atom stereocenters. The summed E-state index contributed by atoms with van der Waals surface area (Å²) in [4.78, 5) is 17.5. The van der Waals surface area contributed by atoms with Crippen molar-refractivity contribution in [3.05, 3.63) is 17.4 Å². The number of halogens is 1. The highest BCUT2D eigenvalue weighted by molar-refractivity contribution is 6.30. The van der Waals surface area contributed by atoms with Crippen LogP contribution in [0.2, 0.25) is 5.02 Å². The highest BCUT2D eigenvalue weighted by Gasteiger charge is 2.22. The third-order valence-electron chi connectivity index (χ3n) is 2.97. The van der Waals surface area contributed by atoms with E-state index in [1.807, 2.05) is 9.58 Å². The first-order chi connectivity index (χ1) is 8.56. The molecule has 7 heteroatoms. The molecule has 1 aromatic rings. The number of carbonyl (C=O) groups is 1. The van der Waals surface area contributed by atoms with Crippen LogP contribution in [0, 0.1) is 0 Å². The van der Waals surface area contributed by atoms with Crippen molar-refractivity contribution in [3.63, 3.8) is 0 Å². The van der Waals surface area contributed by atoms with Gasteiger partial charge in [0.15, 0.2) is 0 Å². The summed E-state index contributed by atoms with van der Waals surface area (Å²) in [5, 5.41) is 4.80. The molecule has 0 aliphatic carbocycles. The van der Waals surface area contributed by atoms with Gasteiger partial charge >= 0.3 is 6.03 Å². The first-order valence-corrected chi connectivity index (χ1v) is 6.30. The number of amides is 2. The van der Waals surface area contributed by atoms with Crippen LogP contribution in [0.3, 0.4) is 0 Å². The molecule has 2 heterocycles. The standard InChI is InChI=1S/C11H18ClN5O/c1-14(2)11(18)16-5-3-15(4-6-16)9-17-8-10(12)7-13-17/h7-8H,3-6,9H2,1-2H3. The number of piperazine rings is 1. The zero-order valence-electron chi connectivity index (χ0n) is 10.7. The van der Waals surface area contributed by atoms with Crippen LogP contribution in [0.1, 0.15) is 0 Å². The van der Waals surface area contributed by atoms with Gasteiger partial charge in [-0.2, -0.15) is 5.10 Å². The molecule has 1 saturated heterocycles. The number of urea groups is 1. The van der Waals surface area contributed by atoms with Crippen molar-refractivity contribution in [2.24, 2.45) is 0 Å². The van der Waals surface area contributed by atoms with Crippen LogP contribution in [0.4, 0.5) is 4.79 Å². The lowest BCUT2D eigenvalue weighted by atomic mass is 10.3. The third kappa shape index (κ3) is 3.14. The van der Waals surface area contributed by atoms with E-state index in [0.29, 0.717) is 5.02 Å². The molecule has 0 aromatic carbocycles. The molecular weight excluding hydrogens is 254 g/mol. The molecule has 0 spiro atoms. The second-order valence-electron chi connectivity index (χ2n) is 4.62. The maximum absolute atomic E-state index is 11.8. The molecule has 6 nitrogen and oxygen atoms in total. The van der Waals surface area contributed by atoms with E-state index >= 15 is 0 Å². The van der Waals surface area contributed by atoms with Gasteiger partial charge in [0.2, 0.25) is 0 Å². The summed E-state index contributed by atoms with van der Waals surface area (Å²) in [6.07, 6.45) is 3.44. The zero-order chi connectivity index (χ0) is 13.1. The second kappa shape index (κ2) is 5.58. The van der Waals surface area contributed by atoms with E-state index in [1.54, 1.807) is 31.4 Å². The predicted molar refractivity (Wildman–Crippen MR) is 69.5 cm³/mol. The topological polar surface area (TPSA) is 44.6 Å². The lowest BCUT2D eigenvalue weighted by Crippen LogP contribution is -2.51. The average Bonchev–Trinajstić information content (AvgIpc) is 2.75. The summed E-state index contributed by atoms with van der Waals surface area (Å²) in [7, 11) is 3.56. The average molecular weight is 272 g/mol. The van der Waals surface area contributed by atoms with Gasteiger partial charge in [-0.05, 0) is 0 Å². The van der Waals surface area contributed by atoms with E-state index < -0.39 is 0 Å². The highest BCUT2D eigenvalue weighted by atomic mass is 35.5. The van der Waals surface area contributed by atoms with E-state index in [4.69, 9.17) is 11.6 Å². The van der Waals surface area contributed by atoms with Crippen LogP contribution in [0.5, 0.6) is 0 Å². The van der Waals surface area contributed by atoms with E-state index in [1.165, 1.54) is 0 Å². The molecule has 0 radical (unpaired) electrons. The van der Waals surface area contributed by atoms with Crippen LogP contribution >= 0.6 is 11.6 Å². The number of hydrogen-bond acceptors (Lipinski definition) is 3. The van der Waals surface area contributed by atoms with Crippen LogP contribution in [-0.2, 0) is 6.67 Å². The Morgan fingerprint density at radius 3 is 2.56 bits per heavy atom. The van der Waals surface area contributed by atoms with Crippen LogP contribution in [0.25, 0.3) is 0 Å². The molecule has 100 valence electrons. The van der Waals surface area contributed by atoms with Crippen LogP contribution < -0.4 is 0 Å². The molecule has 0 N–H and O–H groups in total. The summed E-state index contributed by atoms with van der Waals surface area (Å²) >= 11 is 5.82. The van der Waals surface area contributed by atoms with Crippen molar-refractivity contribution in [3.8, 4) is 0 Å². The fraction of sp³-hybridized carbons (Fsp3) is 0.636. The molecule has 1 aliphatic heterocycles. The summed E-state index contributed by atoms with van der Waals surface area (Å²) < 4.78 is 1.81. The Morgan fingerprint density at radius 2 is 2.06 bits per heavy atom. The SMILES string of the molecule is CN(C)C(=O)N1CCN(Cn2cc(Cl)cn2)CC1. The molecule has 0 bridgehead atoms. The molecule has 0 atom stereocenters. The summed E-state index contributed by atoms with van der Waals surface area (Å²) in [5.74, 6) is 0. The summed E-state index contributed by atoms with van der Waals surface area (Å²) in [6, 6.07) is 0.0804. The maximum atomic E-state index is 11.8. The van der Waals surface area contributed by atoms with Gasteiger partial charge in [0.25, 0.3) is 0 Å². The quantitative estimate of drug-likeness (QED) is 0.799. The molecular formula is C11H18ClN5O. The minimum absolute atomic E-state index is 0.0804. The zero-order valence-corrected chi connectivity index (χ0v) is 11.5. The Hall–Kier alpha value is -1.27. The van der Waals surface area contributed by atoms with Gasteiger partial charge in [-0.3, -0.25) is 9.58 Å². The number of rotatable bonds is 2. The molecule has 1 aliphatic rings.